The van der Waals surface area contributed by atoms with Crippen molar-refractivity contribution in [1.29, 1.82) is 0 Å². The summed E-state index contributed by atoms with van der Waals surface area (Å²) >= 11 is 0. The molecule has 3 N–H and O–H groups in total. The van der Waals surface area contributed by atoms with E-state index in [1.54, 1.807) is 0 Å². The summed E-state index contributed by atoms with van der Waals surface area (Å²) in [6.45, 7) is 6.21. The van der Waals surface area contributed by atoms with Gasteiger partial charge in [0.2, 0.25) is 5.91 Å². The summed E-state index contributed by atoms with van der Waals surface area (Å²) in [4.78, 5) is 26.1. The molecule has 356 valence electrons. The van der Waals surface area contributed by atoms with Crippen molar-refractivity contribution in [3.8, 4) is 0 Å². The number of unbranched alkanes of at least 4 members (excludes halogenated alkanes) is 23. The van der Waals surface area contributed by atoms with Gasteiger partial charge < -0.3 is 20.3 Å². The number of aliphatic hydroxyl groups excluding tert-OH is 2. The van der Waals surface area contributed by atoms with Crippen LogP contribution in [0.3, 0.4) is 0 Å². The third-order valence-electron chi connectivity index (χ3n) is 11.3. The Hall–Kier alpha value is -2.96. The molecule has 0 spiro atoms. The quantitative estimate of drug-likeness (QED) is 0.0245. The Morgan fingerprint density at radius 2 is 0.968 bits per heavy atom. The van der Waals surface area contributed by atoms with Crippen molar-refractivity contribution in [2.45, 2.75) is 251 Å². The fourth-order valence-corrected chi connectivity index (χ4v) is 7.49. The van der Waals surface area contributed by atoms with Crippen LogP contribution in [0.2, 0.25) is 0 Å². The fraction of sp³-hybridized carbons (Fsp3) is 0.714. The monoisotopic (exact) mass is 864 g/mol. The van der Waals surface area contributed by atoms with Crippen molar-refractivity contribution in [2.24, 2.45) is 0 Å². The molecule has 62 heavy (non-hydrogen) atoms. The van der Waals surface area contributed by atoms with E-state index in [1.807, 2.05) is 48.6 Å². The molecule has 0 aliphatic heterocycles. The van der Waals surface area contributed by atoms with Gasteiger partial charge in [0.15, 0.2) is 0 Å². The summed E-state index contributed by atoms with van der Waals surface area (Å²) < 4.78 is 5.89. The molecule has 0 aliphatic rings. The van der Waals surface area contributed by atoms with Crippen LogP contribution in [0, 0.1) is 0 Å². The van der Waals surface area contributed by atoms with Crippen molar-refractivity contribution in [3.63, 3.8) is 0 Å². The Labute approximate surface area is 383 Å². The average Bonchev–Trinajstić information content (AvgIpc) is 3.26. The van der Waals surface area contributed by atoms with Crippen LogP contribution in [-0.4, -0.2) is 46.9 Å². The van der Waals surface area contributed by atoms with E-state index in [9.17, 15) is 19.8 Å². The molecule has 3 atom stereocenters. The third-order valence-corrected chi connectivity index (χ3v) is 11.3. The number of allylic oxidation sites excluding steroid dienone is 14. The predicted octanol–water partition coefficient (Wildman–Crippen LogP) is 15.6. The molecule has 0 rings (SSSR count). The van der Waals surface area contributed by atoms with Crippen LogP contribution in [-0.2, 0) is 14.3 Å². The topological polar surface area (TPSA) is 95.9 Å². The summed E-state index contributed by atoms with van der Waals surface area (Å²) in [7, 11) is 0. The largest absolute Gasteiger partial charge is 0.462 e. The molecule has 0 aromatic carbocycles. The van der Waals surface area contributed by atoms with Gasteiger partial charge in [-0.2, -0.15) is 0 Å². The first-order valence-electron chi connectivity index (χ1n) is 25.9. The van der Waals surface area contributed by atoms with Gasteiger partial charge in [-0.25, -0.2) is 0 Å². The maximum absolute atomic E-state index is 13.2. The molecular formula is C56H97NO5. The van der Waals surface area contributed by atoms with Crippen LogP contribution in [0.25, 0.3) is 0 Å². The summed E-state index contributed by atoms with van der Waals surface area (Å²) in [5.41, 5.74) is 0. The minimum absolute atomic E-state index is 0.0218. The fourth-order valence-electron chi connectivity index (χ4n) is 7.49. The average molecular weight is 864 g/mol. The van der Waals surface area contributed by atoms with Gasteiger partial charge in [-0.1, -0.05) is 241 Å². The lowest BCUT2D eigenvalue weighted by Gasteiger charge is -2.24. The van der Waals surface area contributed by atoms with Gasteiger partial charge in [-0.05, 0) is 64.2 Å². The lowest BCUT2D eigenvalue weighted by molar-refractivity contribution is -0.151. The van der Waals surface area contributed by atoms with E-state index in [-0.39, 0.29) is 24.9 Å². The second-order valence-electron chi connectivity index (χ2n) is 17.3. The Morgan fingerprint density at radius 3 is 1.52 bits per heavy atom. The van der Waals surface area contributed by atoms with Crippen molar-refractivity contribution in [1.82, 2.24) is 5.32 Å². The van der Waals surface area contributed by atoms with E-state index in [4.69, 9.17) is 4.74 Å². The summed E-state index contributed by atoms with van der Waals surface area (Å²) in [5.74, 6) is -0.559. The molecule has 0 bridgehead atoms. The summed E-state index contributed by atoms with van der Waals surface area (Å²) in [6, 6.07) is -0.730. The van der Waals surface area contributed by atoms with E-state index < -0.39 is 18.2 Å². The standard InChI is InChI=1S/C56H97NO5/c1-4-7-10-13-16-19-22-25-27-28-30-33-36-39-42-45-48-54(59)53(51-58)57-55(60)50-52(47-44-41-38-35-32-29-24-21-18-15-12-9-6-3)62-56(61)49-46-43-40-37-34-31-26-23-20-17-14-11-8-5-2/h8-9,11-12,15,17-18,20-21,24,29,32,35,38,52-54,58-59H,4-7,10,13-14,16,19,22-23,25-28,30-31,33-34,36-37,39-51H2,1-3H3,(H,57,60)/b11-8+,12-9+,18-15+,20-17+,24-21-,32-29-,38-35+. The number of hydrogen-bond acceptors (Lipinski definition) is 5. The smallest absolute Gasteiger partial charge is 0.306 e. The SMILES string of the molecule is CC/C=C/C=C/C=C\C=C/C=C/CCCC(CC(=O)NC(CO)C(O)CCCCCCCCCCCCCCCCCC)OC(=O)CCCCCCCCC/C=C/C/C=C/CC. The number of nitrogens with one attached hydrogen (secondary N) is 1. The summed E-state index contributed by atoms with van der Waals surface area (Å²) in [5, 5.41) is 23.8. The first kappa shape index (κ1) is 59.0. The molecule has 0 saturated carbocycles. The number of hydrogen-bond donors (Lipinski definition) is 3. The van der Waals surface area contributed by atoms with Crippen molar-refractivity contribution in [2.75, 3.05) is 6.61 Å². The molecule has 1 amide bonds. The highest BCUT2D eigenvalue weighted by Crippen LogP contribution is 2.17. The molecule has 3 unspecified atom stereocenters. The Kier molecular flexibility index (Phi) is 46.7. The van der Waals surface area contributed by atoms with Crippen molar-refractivity contribution in [3.05, 3.63) is 85.1 Å². The number of rotatable bonds is 45. The van der Waals surface area contributed by atoms with Gasteiger partial charge in [0.05, 0.1) is 25.2 Å². The number of esters is 1. The zero-order valence-corrected chi connectivity index (χ0v) is 40.5. The number of aliphatic hydroxyl groups is 2. The number of amides is 1. The highest BCUT2D eigenvalue weighted by Gasteiger charge is 2.24. The maximum atomic E-state index is 13.2. The van der Waals surface area contributed by atoms with E-state index >= 15 is 0 Å². The normalized spacial score (nSPS) is 14.0. The van der Waals surface area contributed by atoms with Crippen LogP contribution in [0.4, 0.5) is 0 Å². The lowest BCUT2D eigenvalue weighted by atomic mass is 10.0. The Morgan fingerprint density at radius 1 is 0.500 bits per heavy atom. The van der Waals surface area contributed by atoms with Crippen molar-refractivity contribution < 1.29 is 24.5 Å². The molecule has 0 heterocycles. The second-order valence-corrected chi connectivity index (χ2v) is 17.3. The molecular weight excluding hydrogens is 767 g/mol. The second kappa shape index (κ2) is 49.1. The van der Waals surface area contributed by atoms with E-state index in [1.165, 1.54) is 109 Å². The van der Waals surface area contributed by atoms with Gasteiger partial charge in [-0.15, -0.1) is 0 Å². The van der Waals surface area contributed by atoms with Gasteiger partial charge in [-0.3, -0.25) is 9.59 Å². The van der Waals surface area contributed by atoms with Crippen LogP contribution < -0.4 is 5.32 Å². The van der Waals surface area contributed by atoms with E-state index in [0.717, 1.165) is 77.0 Å². The molecule has 6 heteroatoms. The highest BCUT2D eigenvalue weighted by atomic mass is 16.5. The number of carbonyl (C=O) groups excluding carboxylic acids is 2. The van der Waals surface area contributed by atoms with Crippen LogP contribution >= 0.6 is 0 Å². The van der Waals surface area contributed by atoms with Gasteiger partial charge in [0.1, 0.15) is 6.10 Å². The summed E-state index contributed by atoms with van der Waals surface area (Å²) in [6.07, 6.45) is 63.6. The van der Waals surface area contributed by atoms with Crippen LogP contribution in [0.5, 0.6) is 0 Å². The Balaban J connectivity index is 4.64. The minimum Gasteiger partial charge on any atom is -0.462 e. The first-order valence-corrected chi connectivity index (χ1v) is 25.9. The molecule has 0 saturated heterocycles. The molecule has 0 aromatic rings. The minimum atomic E-state index is -0.812. The van der Waals surface area contributed by atoms with Gasteiger partial charge >= 0.3 is 5.97 Å². The highest BCUT2D eigenvalue weighted by molar-refractivity contribution is 5.77. The van der Waals surface area contributed by atoms with Crippen LogP contribution in [0.1, 0.15) is 233 Å². The third kappa shape index (κ3) is 43.7. The first-order chi connectivity index (χ1) is 30.5. The molecule has 0 aliphatic carbocycles. The van der Waals surface area contributed by atoms with Gasteiger partial charge in [0, 0.05) is 6.42 Å². The molecule has 6 nitrogen and oxygen atoms in total. The zero-order chi connectivity index (χ0) is 45.2. The van der Waals surface area contributed by atoms with Crippen LogP contribution in [0.15, 0.2) is 85.1 Å². The van der Waals surface area contributed by atoms with E-state index in [0.29, 0.717) is 19.3 Å². The van der Waals surface area contributed by atoms with Gasteiger partial charge in [0.25, 0.3) is 0 Å². The maximum Gasteiger partial charge on any atom is 0.306 e. The molecule has 0 fully saturated rings. The predicted molar refractivity (Wildman–Crippen MR) is 268 cm³/mol. The van der Waals surface area contributed by atoms with E-state index in [2.05, 4.69) is 62.5 Å². The molecule has 0 aromatic heterocycles. The van der Waals surface area contributed by atoms with Crippen molar-refractivity contribution >= 4 is 11.9 Å². The number of carbonyl (C=O) groups is 2. The zero-order valence-electron chi connectivity index (χ0n) is 40.5. The molecule has 0 radical (unpaired) electrons. The number of ether oxygens (including phenoxy) is 1. The lowest BCUT2D eigenvalue weighted by Crippen LogP contribution is -2.46. The Bertz CT molecular complexity index is 1200.